The molecule has 0 aromatic rings. The van der Waals surface area contributed by atoms with Gasteiger partial charge in [0, 0.05) is 13.6 Å². The quantitative estimate of drug-likeness (QED) is 0.711. The van der Waals surface area contributed by atoms with Crippen LogP contribution in [0, 0.1) is 5.92 Å². The number of hydrogen-bond donors (Lipinski definition) is 1. The number of carbonyl (C=O) groups excluding carboxylic acids is 2. The number of carbonyl (C=O) groups is 2. The van der Waals surface area contributed by atoms with E-state index in [0.29, 0.717) is 19.4 Å². The van der Waals surface area contributed by atoms with E-state index < -0.39 is 21.8 Å². The Labute approximate surface area is 107 Å². The molecule has 102 valence electrons. The van der Waals surface area contributed by atoms with Crippen LogP contribution in [0.1, 0.15) is 19.3 Å². The van der Waals surface area contributed by atoms with Crippen molar-refractivity contribution in [3.8, 4) is 0 Å². The summed E-state index contributed by atoms with van der Waals surface area (Å²) in [6, 6.07) is -0.425. The molecule has 0 aromatic carbocycles. The normalized spacial score (nSPS) is 30.4. The Balaban J connectivity index is 2.07. The van der Waals surface area contributed by atoms with E-state index in [1.54, 1.807) is 11.9 Å². The molecular formula is C11H18N2O4S. The summed E-state index contributed by atoms with van der Waals surface area (Å²) in [5.41, 5.74) is 0. The average molecular weight is 274 g/mol. The molecule has 0 bridgehead atoms. The van der Waals surface area contributed by atoms with Crippen LogP contribution in [0.25, 0.3) is 0 Å². The lowest BCUT2D eigenvalue weighted by atomic mass is 10.1. The minimum absolute atomic E-state index is 0.0667. The zero-order chi connectivity index (χ0) is 13.3. The highest BCUT2D eigenvalue weighted by atomic mass is 32.2. The maximum Gasteiger partial charge on any atom is 0.242 e. The van der Waals surface area contributed by atoms with Crippen LogP contribution in [0.15, 0.2) is 0 Å². The van der Waals surface area contributed by atoms with Gasteiger partial charge in [-0.1, -0.05) is 0 Å². The molecule has 0 aliphatic carbocycles. The maximum absolute atomic E-state index is 12.2. The number of likely N-dealkylation sites (tertiary alicyclic amines) is 1. The minimum Gasteiger partial charge on any atom is -0.357 e. The molecule has 2 aliphatic heterocycles. The number of likely N-dealkylation sites (N-methyl/N-ethyl adjacent to an activating group) is 1. The monoisotopic (exact) mass is 274 g/mol. The predicted octanol–water partition coefficient (Wildman–Crippen LogP) is -0.842. The van der Waals surface area contributed by atoms with Crippen LogP contribution in [0.2, 0.25) is 0 Å². The second kappa shape index (κ2) is 4.87. The van der Waals surface area contributed by atoms with Crippen molar-refractivity contribution in [3.63, 3.8) is 0 Å². The Morgan fingerprint density at radius 3 is 2.56 bits per heavy atom. The second-order valence-corrected chi connectivity index (χ2v) is 7.13. The summed E-state index contributed by atoms with van der Waals surface area (Å²) in [5.74, 6) is -0.783. The van der Waals surface area contributed by atoms with Crippen molar-refractivity contribution in [2.24, 2.45) is 5.92 Å². The van der Waals surface area contributed by atoms with E-state index in [1.165, 1.54) is 0 Å². The van der Waals surface area contributed by atoms with Gasteiger partial charge in [-0.25, -0.2) is 8.42 Å². The van der Waals surface area contributed by atoms with Gasteiger partial charge in [-0.15, -0.1) is 0 Å². The van der Waals surface area contributed by atoms with Crippen LogP contribution in [-0.4, -0.2) is 56.3 Å². The van der Waals surface area contributed by atoms with E-state index >= 15 is 0 Å². The van der Waals surface area contributed by atoms with Crippen LogP contribution < -0.4 is 5.32 Å². The number of hydrogen-bond acceptors (Lipinski definition) is 4. The first-order valence-electron chi connectivity index (χ1n) is 6.17. The van der Waals surface area contributed by atoms with Crippen molar-refractivity contribution in [2.75, 3.05) is 25.1 Å². The largest absolute Gasteiger partial charge is 0.357 e. The molecule has 0 saturated carbocycles. The third-order valence-electron chi connectivity index (χ3n) is 3.67. The Kier molecular flexibility index (Phi) is 3.61. The zero-order valence-electron chi connectivity index (χ0n) is 10.4. The lowest BCUT2D eigenvalue weighted by Gasteiger charge is -2.25. The standard InChI is InChI=1S/C11H18N2O4S/c1-12-10(14)9-3-2-5-13(9)11(15)8-4-6-18(16,17)7-8/h8-9H,2-7H2,1H3,(H,12,14)/t8-,9-/m1/s1. The molecule has 2 amide bonds. The molecule has 0 radical (unpaired) electrons. The van der Waals surface area contributed by atoms with Crippen molar-refractivity contribution in [1.29, 1.82) is 0 Å². The van der Waals surface area contributed by atoms with Gasteiger partial charge in [-0.2, -0.15) is 0 Å². The molecule has 2 heterocycles. The average Bonchev–Trinajstić information content (AvgIpc) is 2.93. The summed E-state index contributed by atoms with van der Waals surface area (Å²) in [7, 11) is -1.52. The van der Waals surface area contributed by atoms with E-state index in [4.69, 9.17) is 0 Å². The molecule has 1 N–H and O–H groups in total. The summed E-state index contributed by atoms with van der Waals surface area (Å²) < 4.78 is 22.8. The third kappa shape index (κ3) is 2.50. The molecule has 0 aromatic heterocycles. The van der Waals surface area contributed by atoms with Crippen molar-refractivity contribution in [3.05, 3.63) is 0 Å². The number of rotatable bonds is 2. The van der Waals surface area contributed by atoms with Crippen LogP contribution >= 0.6 is 0 Å². The fourth-order valence-corrected chi connectivity index (χ4v) is 4.43. The second-order valence-electron chi connectivity index (χ2n) is 4.90. The van der Waals surface area contributed by atoms with Crippen molar-refractivity contribution >= 4 is 21.7 Å². The fourth-order valence-electron chi connectivity index (χ4n) is 2.69. The third-order valence-corrected chi connectivity index (χ3v) is 5.43. The molecule has 6 nitrogen and oxygen atoms in total. The first-order chi connectivity index (χ1) is 8.44. The molecular weight excluding hydrogens is 256 g/mol. The van der Waals surface area contributed by atoms with Gasteiger partial charge >= 0.3 is 0 Å². The molecule has 0 unspecified atom stereocenters. The van der Waals surface area contributed by atoms with Gasteiger partial charge in [0.15, 0.2) is 9.84 Å². The van der Waals surface area contributed by atoms with Gasteiger partial charge in [0.05, 0.1) is 17.4 Å². The molecule has 2 rings (SSSR count). The predicted molar refractivity (Wildman–Crippen MR) is 65.6 cm³/mol. The van der Waals surface area contributed by atoms with Crippen LogP contribution in [0.5, 0.6) is 0 Å². The van der Waals surface area contributed by atoms with Gasteiger partial charge in [0.2, 0.25) is 11.8 Å². The summed E-state index contributed by atoms with van der Waals surface area (Å²) in [6.45, 7) is 0.549. The van der Waals surface area contributed by atoms with E-state index in [1.807, 2.05) is 0 Å². The minimum atomic E-state index is -3.06. The van der Waals surface area contributed by atoms with Gasteiger partial charge in [-0.3, -0.25) is 9.59 Å². The van der Waals surface area contributed by atoms with E-state index in [9.17, 15) is 18.0 Å². The summed E-state index contributed by atoms with van der Waals surface area (Å²) >= 11 is 0. The molecule has 2 atom stereocenters. The molecule has 2 aliphatic rings. The van der Waals surface area contributed by atoms with Crippen molar-refractivity contribution in [2.45, 2.75) is 25.3 Å². The van der Waals surface area contributed by atoms with Crippen LogP contribution in [0.3, 0.4) is 0 Å². The van der Waals surface area contributed by atoms with E-state index in [0.717, 1.165) is 6.42 Å². The number of amides is 2. The lowest BCUT2D eigenvalue weighted by Crippen LogP contribution is -2.47. The summed E-state index contributed by atoms with van der Waals surface area (Å²) in [5, 5.41) is 2.55. The first kappa shape index (κ1) is 13.3. The van der Waals surface area contributed by atoms with Crippen molar-refractivity contribution < 1.29 is 18.0 Å². The number of nitrogens with one attached hydrogen (secondary N) is 1. The highest BCUT2D eigenvalue weighted by Crippen LogP contribution is 2.25. The zero-order valence-corrected chi connectivity index (χ0v) is 11.2. The maximum atomic E-state index is 12.2. The fraction of sp³-hybridized carbons (Fsp3) is 0.818. The number of nitrogens with zero attached hydrogens (tertiary/aromatic N) is 1. The molecule has 7 heteroatoms. The topological polar surface area (TPSA) is 83.6 Å². The van der Waals surface area contributed by atoms with E-state index in [-0.39, 0.29) is 23.3 Å². The molecule has 2 saturated heterocycles. The van der Waals surface area contributed by atoms with Gasteiger partial charge in [0.25, 0.3) is 0 Å². The SMILES string of the molecule is CNC(=O)[C@H]1CCCN1C(=O)[C@@H]1CCS(=O)(=O)C1. The Morgan fingerprint density at radius 2 is 2.00 bits per heavy atom. The Morgan fingerprint density at radius 1 is 1.28 bits per heavy atom. The van der Waals surface area contributed by atoms with E-state index in [2.05, 4.69) is 5.32 Å². The van der Waals surface area contributed by atoms with Gasteiger partial charge in [-0.05, 0) is 19.3 Å². The molecule has 18 heavy (non-hydrogen) atoms. The van der Waals surface area contributed by atoms with Gasteiger partial charge in [0.1, 0.15) is 6.04 Å². The van der Waals surface area contributed by atoms with Gasteiger partial charge < -0.3 is 10.2 Å². The lowest BCUT2D eigenvalue weighted by molar-refractivity contribution is -0.140. The Bertz CT molecular complexity index is 460. The van der Waals surface area contributed by atoms with Crippen LogP contribution in [0.4, 0.5) is 0 Å². The molecule has 0 spiro atoms. The molecule has 2 fully saturated rings. The smallest absolute Gasteiger partial charge is 0.242 e. The van der Waals surface area contributed by atoms with Crippen molar-refractivity contribution in [1.82, 2.24) is 10.2 Å². The van der Waals surface area contributed by atoms with Crippen LogP contribution in [-0.2, 0) is 19.4 Å². The highest BCUT2D eigenvalue weighted by molar-refractivity contribution is 7.91. The first-order valence-corrected chi connectivity index (χ1v) is 7.99. The number of sulfone groups is 1. The summed E-state index contributed by atoms with van der Waals surface area (Å²) in [4.78, 5) is 25.4. The highest BCUT2D eigenvalue weighted by Gasteiger charge is 2.40. The summed E-state index contributed by atoms with van der Waals surface area (Å²) in [6.07, 6.45) is 1.84. The Hall–Kier alpha value is -1.11.